The summed E-state index contributed by atoms with van der Waals surface area (Å²) in [6, 6.07) is 15.3. The first-order chi connectivity index (χ1) is 10.6. The Morgan fingerprint density at radius 3 is 2.59 bits per heavy atom. The zero-order valence-corrected chi connectivity index (χ0v) is 12.6. The van der Waals surface area contributed by atoms with Crippen LogP contribution in [0.2, 0.25) is 0 Å². The quantitative estimate of drug-likeness (QED) is 0.732. The summed E-state index contributed by atoms with van der Waals surface area (Å²) in [5, 5.41) is 0.532. The van der Waals surface area contributed by atoms with Crippen LogP contribution in [0.4, 0.5) is 0 Å². The third kappa shape index (κ3) is 2.86. The van der Waals surface area contributed by atoms with E-state index in [1.807, 2.05) is 56.3 Å². The molecule has 3 rings (SSSR count). The Bertz CT molecular complexity index is 838. The number of nitrogens with zero attached hydrogens (tertiary/aromatic N) is 1. The van der Waals surface area contributed by atoms with Crippen LogP contribution in [0.25, 0.3) is 10.9 Å². The molecule has 0 unspecified atom stereocenters. The second-order valence-electron chi connectivity index (χ2n) is 5.44. The Morgan fingerprint density at radius 1 is 1.09 bits per heavy atom. The van der Waals surface area contributed by atoms with Crippen LogP contribution >= 0.6 is 0 Å². The van der Waals surface area contributed by atoms with Crippen LogP contribution in [0.3, 0.4) is 0 Å². The molecule has 112 valence electrons. The molecule has 0 saturated carbocycles. The van der Waals surface area contributed by atoms with Crippen molar-refractivity contribution < 1.29 is 9.15 Å². The van der Waals surface area contributed by atoms with Gasteiger partial charge in [0.1, 0.15) is 6.61 Å². The highest BCUT2D eigenvalue weighted by Gasteiger charge is 2.13. The summed E-state index contributed by atoms with van der Waals surface area (Å²) in [6.07, 6.45) is 0.00209. The fraction of sp³-hybridized carbons (Fsp3) is 0.222. The van der Waals surface area contributed by atoms with Crippen LogP contribution in [0.15, 0.2) is 57.7 Å². The smallest absolute Gasteiger partial charge is 0.397 e. The number of rotatable bonds is 4. The molecule has 0 radical (unpaired) electrons. The minimum atomic E-state index is -0.405. The standard InChI is InChI=1S/C18H17NO3/c1-12(2)14-9-6-10-15-16(14)17(20)22-18(19-15)21-11-13-7-4-3-5-8-13/h3-10,12H,11H2,1-2H3. The molecule has 0 bridgehead atoms. The van der Waals surface area contributed by atoms with Gasteiger partial charge in [-0.2, -0.15) is 4.98 Å². The highest BCUT2D eigenvalue weighted by Crippen LogP contribution is 2.23. The molecule has 0 saturated heterocycles. The molecule has 2 aromatic carbocycles. The molecule has 0 fully saturated rings. The van der Waals surface area contributed by atoms with Crippen molar-refractivity contribution in [2.75, 3.05) is 0 Å². The summed E-state index contributed by atoms with van der Waals surface area (Å²) in [4.78, 5) is 16.6. The Kier molecular flexibility index (Phi) is 3.92. The van der Waals surface area contributed by atoms with Gasteiger partial charge in [0.15, 0.2) is 0 Å². The van der Waals surface area contributed by atoms with Crippen molar-refractivity contribution in [3.63, 3.8) is 0 Å². The molecule has 0 aliphatic rings. The van der Waals surface area contributed by atoms with Crippen molar-refractivity contribution in [1.29, 1.82) is 0 Å². The van der Waals surface area contributed by atoms with Crippen molar-refractivity contribution in [3.05, 3.63) is 70.1 Å². The maximum absolute atomic E-state index is 12.2. The highest BCUT2D eigenvalue weighted by molar-refractivity contribution is 5.81. The van der Waals surface area contributed by atoms with Crippen molar-refractivity contribution >= 4 is 10.9 Å². The molecule has 3 aromatic rings. The monoisotopic (exact) mass is 295 g/mol. The number of aromatic nitrogens is 1. The SMILES string of the molecule is CC(C)c1cccc2nc(OCc3ccccc3)oc(=O)c12. The van der Waals surface area contributed by atoms with E-state index in [0.29, 0.717) is 17.5 Å². The summed E-state index contributed by atoms with van der Waals surface area (Å²) in [6.45, 7) is 4.38. The fourth-order valence-electron chi connectivity index (χ4n) is 2.39. The molecule has 4 heteroatoms. The van der Waals surface area contributed by atoms with E-state index in [1.54, 1.807) is 6.07 Å². The number of hydrogen-bond acceptors (Lipinski definition) is 4. The van der Waals surface area contributed by atoms with Gasteiger partial charge in [0.05, 0.1) is 10.9 Å². The van der Waals surface area contributed by atoms with E-state index in [-0.39, 0.29) is 12.0 Å². The van der Waals surface area contributed by atoms with Crippen molar-refractivity contribution in [2.24, 2.45) is 0 Å². The zero-order valence-electron chi connectivity index (χ0n) is 12.6. The number of hydrogen-bond donors (Lipinski definition) is 0. The van der Waals surface area contributed by atoms with E-state index in [2.05, 4.69) is 4.98 Å². The molecule has 22 heavy (non-hydrogen) atoms. The van der Waals surface area contributed by atoms with Gasteiger partial charge in [-0.15, -0.1) is 0 Å². The van der Waals surface area contributed by atoms with Gasteiger partial charge in [-0.25, -0.2) is 4.79 Å². The molecular formula is C18H17NO3. The van der Waals surface area contributed by atoms with E-state index in [1.165, 1.54) is 0 Å². The lowest BCUT2D eigenvalue weighted by Crippen LogP contribution is -2.08. The van der Waals surface area contributed by atoms with Crippen molar-refractivity contribution in [1.82, 2.24) is 4.98 Å². The average molecular weight is 295 g/mol. The second kappa shape index (κ2) is 6.02. The van der Waals surface area contributed by atoms with Gasteiger partial charge in [-0.3, -0.25) is 0 Å². The summed E-state index contributed by atoms with van der Waals surface area (Å²) in [7, 11) is 0. The van der Waals surface area contributed by atoms with Gasteiger partial charge in [0.2, 0.25) is 0 Å². The molecule has 1 aromatic heterocycles. The molecule has 1 heterocycles. The normalized spacial score (nSPS) is 11.0. The van der Waals surface area contributed by atoms with E-state index >= 15 is 0 Å². The van der Waals surface area contributed by atoms with Crippen LogP contribution in [-0.4, -0.2) is 4.98 Å². The predicted molar refractivity (Wildman–Crippen MR) is 85.1 cm³/mol. The number of fused-ring (bicyclic) bond motifs is 1. The molecule has 0 N–H and O–H groups in total. The first-order valence-corrected chi connectivity index (χ1v) is 7.25. The van der Waals surface area contributed by atoms with Crippen molar-refractivity contribution in [2.45, 2.75) is 26.4 Å². The fourth-order valence-corrected chi connectivity index (χ4v) is 2.39. The van der Waals surface area contributed by atoms with Crippen LogP contribution in [-0.2, 0) is 6.61 Å². The molecule has 0 aliphatic heterocycles. The highest BCUT2D eigenvalue weighted by atomic mass is 16.6. The lowest BCUT2D eigenvalue weighted by Gasteiger charge is -2.09. The minimum Gasteiger partial charge on any atom is -0.445 e. The van der Waals surface area contributed by atoms with Gasteiger partial charge in [0.25, 0.3) is 0 Å². The maximum Gasteiger partial charge on any atom is 0.397 e. The van der Waals surface area contributed by atoms with Crippen LogP contribution < -0.4 is 10.4 Å². The van der Waals surface area contributed by atoms with Gasteiger partial charge in [0, 0.05) is 0 Å². The van der Waals surface area contributed by atoms with Gasteiger partial charge < -0.3 is 9.15 Å². The topological polar surface area (TPSA) is 52.3 Å². The van der Waals surface area contributed by atoms with Crippen LogP contribution in [0, 0.1) is 0 Å². The lowest BCUT2D eigenvalue weighted by molar-refractivity contribution is 0.207. The Hall–Kier alpha value is -2.62. The molecular weight excluding hydrogens is 278 g/mol. The van der Waals surface area contributed by atoms with Gasteiger partial charge in [-0.1, -0.05) is 56.3 Å². The average Bonchev–Trinajstić information content (AvgIpc) is 2.53. The Labute approximate surface area is 128 Å². The molecule has 4 nitrogen and oxygen atoms in total. The van der Waals surface area contributed by atoms with Gasteiger partial charge in [-0.05, 0) is 23.1 Å². The number of ether oxygens (including phenoxy) is 1. The first-order valence-electron chi connectivity index (χ1n) is 7.25. The number of benzene rings is 2. The van der Waals surface area contributed by atoms with Crippen LogP contribution in [0.5, 0.6) is 6.08 Å². The summed E-state index contributed by atoms with van der Waals surface area (Å²) in [5.41, 5.74) is 2.12. The molecule has 0 spiro atoms. The van der Waals surface area contributed by atoms with Crippen LogP contribution in [0.1, 0.15) is 30.9 Å². The van der Waals surface area contributed by atoms with E-state index in [9.17, 15) is 4.79 Å². The molecule has 0 aliphatic carbocycles. The summed E-state index contributed by atoms with van der Waals surface area (Å²) >= 11 is 0. The lowest BCUT2D eigenvalue weighted by atomic mass is 9.99. The molecule has 0 amide bonds. The third-order valence-corrected chi connectivity index (χ3v) is 3.50. The third-order valence-electron chi connectivity index (χ3n) is 3.50. The van der Waals surface area contributed by atoms with Crippen molar-refractivity contribution in [3.8, 4) is 6.08 Å². The Balaban J connectivity index is 1.95. The van der Waals surface area contributed by atoms with E-state index in [4.69, 9.17) is 9.15 Å². The molecule has 0 atom stereocenters. The summed E-state index contributed by atoms with van der Waals surface area (Å²) < 4.78 is 10.7. The largest absolute Gasteiger partial charge is 0.445 e. The van der Waals surface area contributed by atoms with E-state index in [0.717, 1.165) is 11.1 Å². The Morgan fingerprint density at radius 2 is 1.86 bits per heavy atom. The predicted octanol–water partition coefficient (Wildman–Crippen LogP) is 3.89. The van der Waals surface area contributed by atoms with E-state index < -0.39 is 5.63 Å². The van der Waals surface area contributed by atoms with Gasteiger partial charge >= 0.3 is 11.7 Å². The minimum absolute atomic E-state index is 0.00209. The zero-order chi connectivity index (χ0) is 15.5. The first kappa shape index (κ1) is 14.3. The maximum atomic E-state index is 12.2. The summed E-state index contributed by atoms with van der Waals surface area (Å²) in [5.74, 6) is 0.226. The second-order valence-corrected chi connectivity index (χ2v) is 5.44.